The Balaban J connectivity index is 2.09. The van der Waals surface area contributed by atoms with Gasteiger partial charge in [0.1, 0.15) is 0 Å². The third kappa shape index (κ3) is 3.60. The third-order valence-corrected chi connectivity index (χ3v) is 5.02. The summed E-state index contributed by atoms with van der Waals surface area (Å²) in [6.45, 7) is 2.39. The van der Waals surface area contributed by atoms with Crippen LogP contribution in [0.2, 0.25) is 0 Å². The van der Waals surface area contributed by atoms with E-state index in [0.717, 1.165) is 10.6 Å². The van der Waals surface area contributed by atoms with Gasteiger partial charge in [0.05, 0.1) is 17.1 Å². The van der Waals surface area contributed by atoms with Crippen LogP contribution < -0.4 is 10.5 Å². The maximum Gasteiger partial charge on any atom is 0.241 e. The predicted molar refractivity (Wildman–Crippen MR) is 75.2 cm³/mol. The number of sulfonamides is 1. The van der Waals surface area contributed by atoms with Crippen LogP contribution in [0.4, 0.5) is 0 Å². The number of nitrogens with zero attached hydrogens (tertiary/aromatic N) is 1. The molecule has 0 unspecified atom stereocenters. The van der Waals surface area contributed by atoms with Gasteiger partial charge in [-0.1, -0.05) is 6.07 Å². The van der Waals surface area contributed by atoms with Crippen LogP contribution in [0.15, 0.2) is 34.5 Å². The molecule has 2 aromatic heterocycles. The second-order valence-corrected chi connectivity index (χ2v) is 6.81. The number of aromatic nitrogens is 1. The molecule has 0 aliphatic rings. The zero-order valence-electron chi connectivity index (χ0n) is 10.5. The van der Waals surface area contributed by atoms with Crippen LogP contribution in [0, 0.1) is 6.92 Å². The van der Waals surface area contributed by atoms with Crippen molar-refractivity contribution < 1.29 is 8.42 Å². The fraction of sp³-hybridized carbons (Fsp3) is 0.250. The number of hydrogen-bond donors (Lipinski definition) is 2. The van der Waals surface area contributed by atoms with Gasteiger partial charge in [0, 0.05) is 22.5 Å². The Kier molecular flexibility index (Phi) is 4.31. The fourth-order valence-corrected chi connectivity index (χ4v) is 3.71. The minimum Gasteiger partial charge on any atom is -0.326 e. The molecule has 5 nitrogen and oxygen atoms in total. The number of hydrogen-bond acceptors (Lipinski definition) is 5. The van der Waals surface area contributed by atoms with Crippen molar-refractivity contribution in [1.82, 2.24) is 9.71 Å². The number of nitrogens with one attached hydrogen (secondary N) is 1. The van der Waals surface area contributed by atoms with E-state index in [2.05, 4.69) is 9.71 Å². The maximum absolute atomic E-state index is 12.0. The molecule has 0 bridgehead atoms. The van der Waals surface area contributed by atoms with E-state index in [1.165, 1.54) is 11.3 Å². The topological polar surface area (TPSA) is 85.1 Å². The van der Waals surface area contributed by atoms with Crippen molar-refractivity contribution in [3.63, 3.8) is 0 Å². The van der Waals surface area contributed by atoms with Crippen molar-refractivity contribution in [2.45, 2.75) is 24.9 Å². The molecule has 0 aromatic carbocycles. The highest BCUT2D eigenvalue weighted by atomic mass is 32.2. The predicted octanol–water partition coefficient (Wildman–Crippen LogP) is 1.39. The molecule has 0 amide bonds. The molecule has 3 N–H and O–H groups in total. The normalized spacial score (nSPS) is 11.7. The Morgan fingerprint density at radius 2 is 2.21 bits per heavy atom. The first-order valence-corrected chi connectivity index (χ1v) is 8.07. The lowest BCUT2D eigenvalue weighted by Crippen LogP contribution is -2.23. The van der Waals surface area contributed by atoms with E-state index in [-0.39, 0.29) is 11.4 Å². The Morgan fingerprint density at radius 3 is 2.84 bits per heavy atom. The number of nitrogens with two attached hydrogens (primary N) is 1. The largest absolute Gasteiger partial charge is 0.326 e. The van der Waals surface area contributed by atoms with E-state index < -0.39 is 10.0 Å². The zero-order chi connectivity index (χ0) is 13.9. The molecule has 2 rings (SSSR count). The number of thiophene rings is 1. The molecule has 2 aromatic rings. The monoisotopic (exact) mass is 297 g/mol. The van der Waals surface area contributed by atoms with Crippen molar-refractivity contribution in [2.75, 3.05) is 0 Å². The average Bonchev–Trinajstić information content (AvgIpc) is 2.86. The molecule has 0 spiro atoms. The second-order valence-electron chi connectivity index (χ2n) is 4.05. The van der Waals surface area contributed by atoms with E-state index in [1.807, 2.05) is 19.1 Å². The van der Waals surface area contributed by atoms with Gasteiger partial charge in [0.15, 0.2) is 0 Å². The third-order valence-electron chi connectivity index (χ3n) is 2.53. The van der Waals surface area contributed by atoms with Crippen LogP contribution in [-0.4, -0.2) is 13.4 Å². The van der Waals surface area contributed by atoms with Gasteiger partial charge in [0.25, 0.3) is 0 Å². The first kappa shape index (κ1) is 14.1. The molecule has 0 fully saturated rings. The number of pyridine rings is 1. The first-order chi connectivity index (χ1) is 9.01. The SMILES string of the molecule is Cc1cccc(CNS(=O)(=O)c2csc(CN)c2)n1. The smallest absolute Gasteiger partial charge is 0.241 e. The standard InChI is InChI=1S/C12H15N3O2S2/c1-9-3-2-4-10(15-9)7-14-19(16,17)12-5-11(6-13)18-8-12/h2-5,8,14H,6-7,13H2,1H3. The van der Waals surface area contributed by atoms with Gasteiger partial charge in [-0.25, -0.2) is 13.1 Å². The second kappa shape index (κ2) is 5.79. The Morgan fingerprint density at radius 1 is 1.42 bits per heavy atom. The van der Waals surface area contributed by atoms with E-state index in [4.69, 9.17) is 5.73 Å². The van der Waals surface area contributed by atoms with Crippen molar-refractivity contribution >= 4 is 21.4 Å². The number of rotatable bonds is 5. The first-order valence-electron chi connectivity index (χ1n) is 5.71. The molecule has 0 radical (unpaired) electrons. The van der Waals surface area contributed by atoms with E-state index in [1.54, 1.807) is 17.5 Å². The summed E-state index contributed by atoms with van der Waals surface area (Å²) in [6.07, 6.45) is 0. The van der Waals surface area contributed by atoms with Gasteiger partial charge in [0.2, 0.25) is 10.0 Å². The van der Waals surface area contributed by atoms with Crippen molar-refractivity contribution in [3.8, 4) is 0 Å². The molecular weight excluding hydrogens is 282 g/mol. The van der Waals surface area contributed by atoms with Crippen LogP contribution in [0.1, 0.15) is 16.3 Å². The summed E-state index contributed by atoms with van der Waals surface area (Å²) in [4.78, 5) is 5.34. The van der Waals surface area contributed by atoms with Crippen molar-refractivity contribution in [3.05, 3.63) is 45.9 Å². The lowest BCUT2D eigenvalue weighted by molar-refractivity contribution is 0.580. The van der Waals surface area contributed by atoms with Crippen molar-refractivity contribution in [2.24, 2.45) is 5.73 Å². The summed E-state index contributed by atoms with van der Waals surface area (Å²) < 4.78 is 26.6. The molecule has 19 heavy (non-hydrogen) atoms. The molecule has 2 heterocycles. The molecule has 0 aliphatic carbocycles. The van der Waals surface area contributed by atoms with Gasteiger partial charge >= 0.3 is 0 Å². The van der Waals surface area contributed by atoms with Crippen molar-refractivity contribution in [1.29, 1.82) is 0 Å². The van der Waals surface area contributed by atoms with Crippen LogP contribution >= 0.6 is 11.3 Å². The molecule has 102 valence electrons. The Labute approximate surface area is 116 Å². The number of aryl methyl sites for hydroxylation is 1. The Hall–Kier alpha value is -1.28. The quantitative estimate of drug-likeness (QED) is 0.873. The molecule has 0 saturated heterocycles. The van der Waals surface area contributed by atoms with Gasteiger partial charge in [-0.05, 0) is 25.1 Å². The summed E-state index contributed by atoms with van der Waals surface area (Å²) in [5.41, 5.74) is 7.02. The summed E-state index contributed by atoms with van der Waals surface area (Å²) in [5, 5.41) is 1.59. The minimum atomic E-state index is -3.50. The van der Waals surface area contributed by atoms with Gasteiger partial charge in [-0.2, -0.15) is 0 Å². The highest BCUT2D eigenvalue weighted by Gasteiger charge is 2.15. The van der Waals surface area contributed by atoms with E-state index in [9.17, 15) is 8.42 Å². The van der Waals surface area contributed by atoms with Crippen LogP contribution in [0.5, 0.6) is 0 Å². The van der Waals surface area contributed by atoms with Crippen LogP contribution in [0.3, 0.4) is 0 Å². The lowest BCUT2D eigenvalue weighted by Gasteiger charge is -2.05. The molecule has 0 atom stereocenters. The fourth-order valence-electron chi connectivity index (χ4n) is 1.56. The van der Waals surface area contributed by atoms with E-state index >= 15 is 0 Å². The van der Waals surface area contributed by atoms with Gasteiger partial charge < -0.3 is 5.73 Å². The van der Waals surface area contributed by atoms with Crippen LogP contribution in [-0.2, 0) is 23.1 Å². The molecule has 7 heteroatoms. The molecule has 0 aliphatic heterocycles. The zero-order valence-corrected chi connectivity index (χ0v) is 12.1. The summed E-state index contributed by atoms with van der Waals surface area (Å²) in [5.74, 6) is 0. The highest BCUT2D eigenvalue weighted by Crippen LogP contribution is 2.18. The maximum atomic E-state index is 12.0. The van der Waals surface area contributed by atoms with Crippen LogP contribution in [0.25, 0.3) is 0 Å². The minimum absolute atomic E-state index is 0.178. The molecular formula is C12H15N3O2S2. The summed E-state index contributed by atoms with van der Waals surface area (Å²) in [7, 11) is -3.50. The van der Waals surface area contributed by atoms with Gasteiger partial charge in [-0.15, -0.1) is 11.3 Å². The van der Waals surface area contributed by atoms with Gasteiger partial charge in [-0.3, -0.25) is 4.98 Å². The summed E-state index contributed by atoms with van der Waals surface area (Å²) in [6, 6.07) is 7.10. The molecule has 0 saturated carbocycles. The van der Waals surface area contributed by atoms with E-state index in [0.29, 0.717) is 12.2 Å². The highest BCUT2D eigenvalue weighted by molar-refractivity contribution is 7.89. The Bertz CT molecular complexity index is 665. The summed E-state index contributed by atoms with van der Waals surface area (Å²) >= 11 is 1.34. The lowest BCUT2D eigenvalue weighted by atomic mass is 10.3. The average molecular weight is 297 g/mol.